The van der Waals surface area contributed by atoms with E-state index in [9.17, 15) is 24.5 Å². The predicted octanol–water partition coefficient (Wildman–Crippen LogP) is 0.576. The van der Waals surface area contributed by atoms with Crippen molar-refractivity contribution in [3.05, 3.63) is 23.3 Å². The monoisotopic (exact) mass is 453 g/mol. The zero-order valence-electron chi connectivity index (χ0n) is 16.9. The van der Waals surface area contributed by atoms with Gasteiger partial charge in [0.05, 0.1) is 13.1 Å². The molecule has 3 amide bonds. The van der Waals surface area contributed by atoms with Crippen LogP contribution >= 0.6 is 12.4 Å². The van der Waals surface area contributed by atoms with Gasteiger partial charge in [-0.2, -0.15) is 0 Å². The van der Waals surface area contributed by atoms with Gasteiger partial charge in [0, 0.05) is 6.04 Å². The van der Waals surface area contributed by atoms with E-state index < -0.39 is 37.0 Å². The Bertz CT molecular complexity index is 893. The number of methoxy groups -OCH3 is 1. The van der Waals surface area contributed by atoms with E-state index in [4.69, 9.17) is 15.1 Å². The number of nitrogens with zero attached hydrogens (tertiary/aromatic N) is 1. The van der Waals surface area contributed by atoms with Gasteiger partial charge in [0.1, 0.15) is 23.1 Å². The van der Waals surface area contributed by atoms with Crippen molar-refractivity contribution in [1.82, 2.24) is 10.2 Å². The van der Waals surface area contributed by atoms with Gasteiger partial charge < -0.3 is 30.6 Å². The van der Waals surface area contributed by atoms with Crippen LogP contribution in [-0.4, -0.2) is 65.2 Å². The molecule has 5 N–H and O–H groups in total. The van der Waals surface area contributed by atoms with E-state index in [1.807, 2.05) is 0 Å². The minimum Gasteiger partial charge on any atom is -0.534 e. The standard InChI is InChI=1S/C19H24BN3O7.ClH/c1-29-12-7-4-10-8-13(20(28)30-16(10)14(12)18(25)26)23-17(24)15(22-19(23)27)9-2-5-11(21)6-3-9;/h4,7,9,11,13,15,28H,2-3,5-6,8,21H2,1H3,(H,22,27)(H,25,26);1H/t9?,11?,13-,15?;/m0./s1. The average molecular weight is 454 g/mol. The third-order valence-electron chi connectivity index (χ3n) is 6.25. The lowest BCUT2D eigenvalue weighted by atomic mass is 9.71. The van der Waals surface area contributed by atoms with Gasteiger partial charge in [0.15, 0.2) is 0 Å². The number of nitrogens with one attached hydrogen (secondary N) is 1. The van der Waals surface area contributed by atoms with Gasteiger partial charge in [-0.25, -0.2) is 9.59 Å². The van der Waals surface area contributed by atoms with Crippen LogP contribution in [0, 0.1) is 5.92 Å². The number of carbonyl (C=O) groups is 3. The van der Waals surface area contributed by atoms with Crippen LogP contribution in [0.15, 0.2) is 12.1 Å². The number of urea groups is 1. The largest absolute Gasteiger partial charge is 0.547 e. The molecule has 0 radical (unpaired) electrons. The molecule has 2 atom stereocenters. The van der Waals surface area contributed by atoms with Gasteiger partial charge in [0.2, 0.25) is 0 Å². The molecule has 1 unspecified atom stereocenters. The van der Waals surface area contributed by atoms with E-state index in [-0.39, 0.29) is 47.9 Å². The normalized spacial score (nSPS) is 27.7. The van der Waals surface area contributed by atoms with Crippen molar-refractivity contribution < 1.29 is 33.9 Å². The first-order valence-corrected chi connectivity index (χ1v) is 9.98. The highest BCUT2D eigenvalue weighted by Crippen LogP contribution is 2.38. The van der Waals surface area contributed by atoms with Crippen LogP contribution in [0.5, 0.6) is 11.5 Å². The van der Waals surface area contributed by atoms with E-state index >= 15 is 0 Å². The third-order valence-corrected chi connectivity index (χ3v) is 6.25. The zero-order chi connectivity index (χ0) is 21.6. The van der Waals surface area contributed by atoms with Crippen molar-refractivity contribution in [1.29, 1.82) is 0 Å². The number of rotatable bonds is 4. The molecule has 10 nitrogen and oxygen atoms in total. The zero-order valence-corrected chi connectivity index (χ0v) is 17.8. The van der Waals surface area contributed by atoms with E-state index in [2.05, 4.69) is 5.32 Å². The number of fused-ring (bicyclic) bond motifs is 1. The lowest BCUT2D eigenvalue weighted by Gasteiger charge is -2.33. The maximum Gasteiger partial charge on any atom is 0.547 e. The van der Waals surface area contributed by atoms with E-state index in [1.165, 1.54) is 13.2 Å². The fourth-order valence-electron chi connectivity index (χ4n) is 4.65. The molecule has 1 aromatic rings. The van der Waals surface area contributed by atoms with Crippen LogP contribution in [0.25, 0.3) is 0 Å². The highest BCUT2D eigenvalue weighted by Gasteiger charge is 2.52. The van der Waals surface area contributed by atoms with Crippen molar-refractivity contribution in [3.8, 4) is 11.5 Å². The number of hydrogen-bond acceptors (Lipinski definition) is 7. The molecule has 168 valence electrons. The van der Waals surface area contributed by atoms with Crippen molar-refractivity contribution in [2.45, 2.75) is 50.1 Å². The Morgan fingerprint density at radius 3 is 2.58 bits per heavy atom. The Morgan fingerprint density at radius 2 is 1.97 bits per heavy atom. The summed E-state index contributed by atoms with van der Waals surface area (Å²) < 4.78 is 10.6. The molecule has 1 saturated carbocycles. The molecule has 1 saturated heterocycles. The van der Waals surface area contributed by atoms with Gasteiger partial charge in [-0.3, -0.25) is 9.69 Å². The number of aromatic carboxylic acids is 1. The third kappa shape index (κ3) is 4.05. The minimum absolute atomic E-state index is 0. The van der Waals surface area contributed by atoms with Crippen LogP contribution in [-0.2, 0) is 11.2 Å². The number of imide groups is 1. The Labute approximate surface area is 185 Å². The summed E-state index contributed by atoms with van der Waals surface area (Å²) in [5.41, 5.74) is 6.20. The summed E-state index contributed by atoms with van der Waals surface area (Å²) >= 11 is 0. The summed E-state index contributed by atoms with van der Waals surface area (Å²) in [5, 5.41) is 22.8. The smallest absolute Gasteiger partial charge is 0.534 e. The molecule has 0 bridgehead atoms. The van der Waals surface area contributed by atoms with Crippen LogP contribution in [0.3, 0.4) is 0 Å². The van der Waals surface area contributed by atoms with Gasteiger partial charge in [-0.15, -0.1) is 12.4 Å². The van der Waals surface area contributed by atoms with E-state index in [0.717, 1.165) is 30.6 Å². The first-order chi connectivity index (χ1) is 14.3. The number of hydrogen-bond donors (Lipinski definition) is 4. The fourth-order valence-corrected chi connectivity index (χ4v) is 4.65. The van der Waals surface area contributed by atoms with Crippen molar-refractivity contribution >= 4 is 37.4 Å². The molecule has 2 heterocycles. The minimum atomic E-state index is -1.56. The average Bonchev–Trinajstić information content (AvgIpc) is 3.01. The van der Waals surface area contributed by atoms with Crippen LogP contribution < -0.4 is 20.4 Å². The molecule has 3 aliphatic rings. The molecule has 1 aliphatic carbocycles. The molecular formula is C19H25BClN3O7. The Kier molecular flexibility index (Phi) is 6.68. The number of amides is 3. The molecule has 2 fully saturated rings. The number of carboxylic acids is 1. The predicted molar refractivity (Wildman–Crippen MR) is 112 cm³/mol. The van der Waals surface area contributed by atoms with Crippen molar-refractivity contribution in [2.24, 2.45) is 11.7 Å². The molecule has 1 aromatic carbocycles. The number of carboxylic acid groups (broad SMARTS) is 1. The summed E-state index contributed by atoms with van der Waals surface area (Å²) in [6.45, 7) is 0. The maximum atomic E-state index is 13.1. The lowest BCUT2D eigenvalue weighted by Crippen LogP contribution is -2.56. The fraction of sp³-hybridized carbons (Fsp3) is 0.526. The molecule has 31 heavy (non-hydrogen) atoms. The summed E-state index contributed by atoms with van der Waals surface area (Å²) in [7, 11) is -0.224. The lowest BCUT2D eigenvalue weighted by molar-refractivity contribution is -0.129. The van der Waals surface area contributed by atoms with Gasteiger partial charge in [-0.05, 0) is 49.7 Å². The second kappa shape index (κ2) is 8.93. The van der Waals surface area contributed by atoms with Crippen LogP contribution in [0.1, 0.15) is 41.6 Å². The highest BCUT2D eigenvalue weighted by atomic mass is 35.5. The molecular weight excluding hydrogens is 428 g/mol. The first kappa shape index (κ1) is 23.2. The van der Waals surface area contributed by atoms with Gasteiger partial charge >= 0.3 is 19.1 Å². The number of nitrogens with two attached hydrogens (primary N) is 1. The number of halogens is 1. The Hall–Kier alpha value is -2.50. The topological polar surface area (TPSA) is 151 Å². The number of carbonyl (C=O) groups excluding carboxylic acids is 2. The number of benzene rings is 1. The first-order valence-electron chi connectivity index (χ1n) is 9.98. The summed E-state index contributed by atoms with van der Waals surface area (Å²) in [4.78, 5) is 38.4. The Balaban J connectivity index is 0.00000272. The van der Waals surface area contributed by atoms with Crippen molar-refractivity contribution in [3.63, 3.8) is 0 Å². The van der Waals surface area contributed by atoms with E-state index in [0.29, 0.717) is 5.56 Å². The summed E-state index contributed by atoms with van der Waals surface area (Å²) in [6.07, 6.45) is 3.17. The van der Waals surface area contributed by atoms with Crippen LogP contribution in [0.4, 0.5) is 4.79 Å². The Morgan fingerprint density at radius 1 is 1.29 bits per heavy atom. The highest BCUT2D eigenvalue weighted by molar-refractivity contribution is 6.47. The van der Waals surface area contributed by atoms with E-state index in [1.54, 1.807) is 6.07 Å². The van der Waals surface area contributed by atoms with Gasteiger partial charge in [0.25, 0.3) is 5.91 Å². The second-order valence-corrected chi connectivity index (χ2v) is 8.03. The summed E-state index contributed by atoms with van der Waals surface area (Å²) in [5.74, 6) is -2.55. The summed E-state index contributed by atoms with van der Waals surface area (Å²) in [6, 6.07) is 1.99. The second-order valence-electron chi connectivity index (χ2n) is 8.03. The SMILES string of the molecule is COc1ccc2c(c1C(=O)O)OB(O)[C@@H](N1C(=O)NC(C3CCC(N)CC3)C1=O)C2.Cl. The molecule has 0 aromatic heterocycles. The quantitative estimate of drug-likeness (QED) is 0.381. The maximum absolute atomic E-state index is 13.1. The van der Waals surface area contributed by atoms with Crippen LogP contribution in [0.2, 0.25) is 0 Å². The van der Waals surface area contributed by atoms with Gasteiger partial charge in [-0.1, -0.05) is 6.07 Å². The molecule has 2 aliphatic heterocycles. The number of ether oxygens (including phenoxy) is 1. The molecule has 12 heteroatoms. The van der Waals surface area contributed by atoms with Crippen molar-refractivity contribution in [2.75, 3.05) is 7.11 Å². The molecule has 0 spiro atoms. The molecule has 4 rings (SSSR count).